The van der Waals surface area contributed by atoms with E-state index in [2.05, 4.69) is 10.0 Å². The van der Waals surface area contributed by atoms with Crippen LogP contribution in [-0.4, -0.2) is 34.0 Å². The zero-order chi connectivity index (χ0) is 18.3. The van der Waals surface area contributed by atoms with Crippen LogP contribution in [0.5, 0.6) is 5.75 Å². The van der Waals surface area contributed by atoms with E-state index in [9.17, 15) is 13.2 Å². The highest BCUT2D eigenvalue weighted by atomic mass is 35.5. The molecule has 0 atom stereocenters. The first kappa shape index (κ1) is 20.7. The maximum absolute atomic E-state index is 12.1. The molecule has 0 aliphatic heterocycles. The lowest BCUT2D eigenvalue weighted by molar-refractivity contribution is -0.123. The van der Waals surface area contributed by atoms with Crippen molar-refractivity contribution in [2.24, 2.45) is 11.8 Å². The smallest absolute Gasteiger partial charge is 0.257 e. The van der Waals surface area contributed by atoms with Crippen molar-refractivity contribution in [3.05, 3.63) is 23.2 Å². The number of carbonyl (C=O) groups excluding carboxylic acids is 1. The Hall–Kier alpha value is -1.31. The van der Waals surface area contributed by atoms with Gasteiger partial charge >= 0.3 is 0 Å². The first-order valence-electron chi connectivity index (χ1n) is 7.80. The minimum absolute atomic E-state index is 0.0600. The van der Waals surface area contributed by atoms with E-state index >= 15 is 0 Å². The summed E-state index contributed by atoms with van der Waals surface area (Å²) in [6, 6.07) is 4.16. The summed E-state index contributed by atoms with van der Waals surface area (Å²) in [5, 5.41) is 2.86. The van der Waals surface area contributed by atoms with E-state index in [4.69, 9.17) is 16.3 Å². The van der Waals surface area contributed by atoms with Crippen LogP contribution in [0.1, 0.15) is 27.7 Å². The van der Waals surface area contributed by atoms with Crippen LogP contribution < -0.4 is 14.8 Å². The zero-order valence-corrected chi connectivity index (χ0v) is 16.0. The molecule has 1 amide bonds. The molecular weight excluding hydrogens is 352 g/mol. The number of ether oxygens (including phenoxy) is 1. The van der Waals surface area contributed by atoms with Crippen LogP contribution in [0.3, 0.4) is 0 Å². The summed E-state index contributed by atoms with van der Waals surface area (Å²) in [6.45, 7) is 8.54. The fraction of sp³-hybridized carbons (Fsp3) is 0.562. The van der Waals surface area contributed by atoms with Gasteiger partial charge in [-0.3, -0.25) is 4.79 Å². The van der Waals surface area contributed by atoms with Gasteiger partial charge in [-0.2, -0.15) is 0 Å². The van der Waals surface area contributed by atoms with Gasteiger partial charge in [0.1, 0.15) is 5.75 Å². The molecule has 0 radical (unpaired) electrons. The van der Waals surface area contributed by atoms with Crippen molar-refractivity contribution >= 4 is 27.5 Å². The van der Waals surface area contributed by atoms with E-state index in [1.165, 1.54) is 18.2 Å². The van der Waals surface area contributed by atoms with Crippen LogP contribution in [0.4, 0.5) is 0 Å². The van der Waals surface area contributed by atoms with Crippen molar-refractivity contribution < 1.29 is 17.9 Å². The van der Waals surface area contributed by atoms with Crippen LogP contribution in [0, 0.1) is 11.8 Å². The molecule has 2 N–H and O–H groups in total. The van der Waals surface area contributed by atoms with Crippen LogP contribution in [-0.2, 0) is 14.8 Å². The minimum Gasteiger partial charge on any atom is -0.482 e. The van der Waals surface area contributed by atoms with Crippen molar-refractivity contribution in [2.75, 3.05) is 19.7 Å². The van der Waals surface area contributed by atoms with Gasteiger partial charge in [0, 0.05) is 13.1 Å². The summed E-state index contributed by atoms with van der Waals surface area (Å²) in [4.78, 5) is 11.7. The molecule has 0 bridgehead atoms. The van der Waals surface area contributed by atoms with Gasteiger partial charge in [-0.15, -0.1) is 0 Å². The van der Waals surface area contributed by atoms with E-state index in [0.717, 1.165) is 0 Å². The molecule has 6 nitrogen and oxygen atoms in total. The Morgan fingerprint density at radius 1 is 1.17 bits per heavy atom. The molecule has 0 spiro atoms. The summed E-state index contributed by atoms with van der Waals surface area (Å²) >= 11 is 6.06. The average Bonchev–Trinajstić information content (AvgIpc) is 2.49. The molecule has 0 saturated heterocycles. The normalized spacial score (nSPS) is 11.8. The fourth-order valence-electron chi connectivity index (χ4n) is 1.64. The minimum atomic E-state index is -3.61. The molecule has 8 heteroatoms. The van der Waals surface area contributed by atoms with Crippen molar-refractivity contribution in [3.8, 4) is 5.75 Å². The lowest BCUT2D eigenvalue weighted by Crippen LogP contribution is -2.31. The number of amides is 1. The number of carbonyl (C=O) groups is 1. The molecule has 24 heavy (non-hydrogen) atoms. The molecule has 0 aliphatic rings. The highest BCUT2D eigenvalue weighted by molar-refractivity contribution is 7.89. The maximum Gasteiger partial charge on any atom is 0.257 e. The summed E-state index contributed by atoms with van der Waals surface area (Å²) in [5.74, 6) is 0.553. The van der Waals surface area contributed by atoms with Gasteiger partial charge in [-0.1, -0.05) is 39.3 Å². The lowest BCUT2D eigenvalue weighted by atomic mass is 10.2. The van der Waals surface area contributed by atoms with Gasteiger partial charge in [0.15, 0.2) is 6.61 Å². The van der Waals surface area contributed by atoms with Crippen molar-refractivity contribution in [1.29, 1.82) is 0 Å². The Balaban J connectivity index is 2.69. The molecule has 1 aromatic rings. The van der Waals surface area contributed by atoms with E-state index in [-0.39, 0.29) is 34.1 Å². The zero-order valence-electron chi connectivity index (χ0n) is 14.4. The monoisotopic (exact) mass is 376 g/mol. The van der Waals surface area contributed by atoms with E-state index in [1.807, 2.05) is 27.7 Å². The Kier molecular flexibility index (Phi) is 7.99. The number of halogens is 1. The Bertz CT molecular complexity index is 660. The predicted molar refractivity (Wildman–Crippen MR) is 94.8 cm³/mol. The predicted octanol–water partition coefficient (Wildman–Crippen LogP) is 2.43. The summed E-state index contributed by atoms with van der Waals surface area (Å²) in [7, 11) is -3.61. The van der Waals surface area contributed by atoms with Crippen LogP contribution >= 0.6 is 11.6 Å². The highest BCUT2D eigenvalue weighted by Gasteiger charge is 2.16. The van der Waals surface area contributed by atoms with Crippen LogP contribution in [0.25, 0.3) is 0 Å². The van der Waals surface area contributed by atoms with Crippen LogP contribution in [0.2, 0.25) is 5.02 Å². The number of nitrogens with one attached hydrogen (secondary N) is 2. The fourth-order valence-corrected chi connectivity index (χ4v) is 3.18. The molecule has 1 rings (SSSR count). The largest absolute Gasteiger partial charge is 0.482 e. The molecular formula is C16H25ClN2O4S. The summed E-state index contributed by atoms with van der Waals surface area (Å²) < 4.78 is 32.1. The standard InChI is InChI=1S/C16H25ClN2O4S/c1-11(2)8-18-16(20)10-23-15-6-5-13(7-14(15)17)24(21,22)19-9-12(3)4/h5-7,11-12,19H,8-10H2,1-4H3,(H,18,20). The molecule has 136 valence electrons. The first-order valence-corrected chi connectivity index (χ1v) is 9.66. The maximum atomic E-state index is 12.1. The first-order chi connectivity index (χ1) is 11.1. The van der Waals surface area contributed by atoms with Crippen molar-refractivity contribution in [3.63, 3.8) is 0 Å². The third-order valence-corrected chi connectivity index (χ3v) is 4.68. The SMILES string of the molecule is CC(C)CNC(=O)COc1ccc(S(=O)(=O)NCC(C)C)cc1Cl. The quantitative estimate of drug-likeness (QED) is 0.693. The van der Waals surface area contributed by atoms with E-state index in [0.29, 0.717) is 19.0 Å². The molecule has 0 unspecified atom stereocenters. The Morgan fingerprint density at radius 3 is 2.33 bits per heavy atom. The second-order valence-electron chi connectivity index (χ2n) is 6.32. The van der Waals surface area contributed by atoms with Crippen LogP contribution in [0.15, 0.2) is 23.1 Å². The average molecular weight is 377 g/mol. The third kappa shape index (κ3) is 7.07. The van der Waals surface area contributed by atoms with Gasteiger partial charge in [0.2, 0.25) is 10.0 Å². The topological polar surface area (TPSA) is 84.5 Å². The van der Waals surface area contributed by atoms with Crippen molar-refractivity contribution in [1.82, 2.24) is 10.0 Å². The molecule has 0 aliphatic carbocycles. The number of rotatable bonds is 9. The Labute approximate surface area is 149 Å². The van der Waals surface area contributed by atoms with E-state index < -0.39 is 10.0 Å². The van der Waals surface area contributed by atoms with Gasteiger partial charge in [-0.25, -0.2) is 13.1 Å². The van der Waals surface area contributed by atoms with Gasteiger partial charge in [0.05, 0.1) is 9.92 Å². The molecule has 0 saturated carbocycles. The lowest BCUT2D eigenvalue weighted by Gasteiger charge is -2.12. The third-order valence-electron chi connectivity index (χ3n) is 2.96. The van der Waals surface area contributed by atoms with Gasteiger partial charge < -0.3 is 10.1 Å². The summed E-state index contributed by atoms with van der Waals surface area (Å²) in [6.07, 6.45) is 0. The summed E-state index contributed by atoms with van der Waals surface area (Å²) in [5.41, 5.74) is 0. The molecule has 0 fully saturated rings. The van der Waals surface area contributed by atoms with E-state index in [1.54, 1.807) is 0 Å². The van der Waals surface area contributed by atoms with Gasteiger partial charge in [-0.05, 0) is 30.0 Å². The molecule has 0 aromatic heterocycles. The number of sulfonamides is 1. The number of benzene rings is 1. The second-order valence-corrected chi connectivity index (χ2v) is 8.50. The molecule has 1 aromatic carbocycles. The second kappa shape index (κ2) is 9.25. The van der Waals surface area contributed by atoms with Crippen molar-refractivity contribution in [2.45, 2.75) is 32.6 Å². The van der Waals surface area contributed by atoms with Gasteiger partial charge in [0.25, 0.3) is 5.91 Å². The number of hydrogen-bond donors (Lipinski definition) is 2. The Morgan fingerprint density at radius 2 is 1.79 bits per heavy atom. The number of hydrogen-bond acceptors (Lipinski definition) is 4. The highest BCUT2D eigenvalue weighted by Crippen LogP contribution is 2.27. The molecule has 0 heterocycles.